The number of carbonyl (C=O) groups excluding carboxylic acids is 1. The van der Waals surface area contributed by atoms with Crippen LogP contribution in [0.3, 0.4) is 0 Å². The third-order valence-electron chi connectivity index (χ3n) is 2.54. The van der Waals surface area contributed by atoms with E-state index in [1.807, 2.05) is 42.3 Å². The van der Waals surface area contributed by atoms with Gasteiger partial charge in [-0.2, -0.15) is 5.26 Å². The molecule has 0 unspecified atom stereocenters. The van der Waals surface area contributed by atoms with Crippen molar-refractivity contribution >= 4 is 23.4 Å². The summed E-state index contributed by atoms with van der Waals surface area (Å²) in [6.07, 6.45) is 0. The smallest absolute Gasteiger partial charge is 0.351 e. The molecule has 0 radical (unpaired) electrons. The van der Waals surface area contributed by atoms with Crippen molar-refractivity contribution in [2.24, 2.45) is 0 Å². The number of benzene rings is 1. The van der Waals surface area contributed by atoms with Crippen molar-refractivity contribution in [2.45, 2.75) is 11.8 Å². The van der Waals surface area contributed by atoms with Gasteiger partial charge in [0, 0.05) is 11.9 Å². The Balaban J connectivity index is 2.42. The third kappa shape index (κ3) is 2.07. The maximum Gasteiger partial charge on any atom is 0.351 e. The maximum atomic E-state index is 11.7. The van der Waals surface area contributed by atoms with E-state index in [9.17, 15) is 4.79 Å². The molecule has 4 nitrogen and oxygen atoms in total. The molecule has 0 N–H and O–H groups in total. The molecule has 1 aromatic carbocycles. The fourth-order valence-electron chi connectivity index (χ4n) is 1.71. The van der Waals surface area contributed by atoms with Gasteiger partial charge in [-0.05, 0) is 19.1 Å². The Morgan fingerprint density at radius 1 is 1.50 bits per heavy atom. The molecule has 1 aromatic rings. The summed E-state index contributed by atoms with van der Waals surface area (Å²) in [4.78, 5) is 14.6. The van der Waals surface area contributed by atoms with Gasteiger partial charge in [0.2, 0.25) is 0 Å². The largest absolute Gasteiger partial charge is 0.462 e. The van der Waals surface area contributed by atoms with Gasteiger partial charge < -0.3 is 9.64 Å². The first-order valence-corrected chi connectivity index (χ1v) is 6.32. The van der Waals surface area contributed by atoms with Crippen LogP contribution >= 0.6 is 11.8 Å². The average molecular weight is 260 g/mol. The molecule has 0 amide bonds. The SMILES string of the molecule is CCOC(=O)C(C#N)=C1Sc2ccccc2N1C. The van der Waals surface area contributed by atoms with Crippen LogP contribution in [0.25, 0.3) is 0 Å². The lowest BCUT2D eigenvalue weighted by atomic mass is 10.3. The summed E-state index contributed by atoms with van der Waals surface area (Å²) in [6, 6.07) is 9.71. The van der Waals surface area contributed by atoms with Gasteiger partial charge in [-0.3, -0.25) is 0 Å². The first-order valence-electron chi connectivity index (χ1n) is 5.51. The van der Waals surface area contributed by atoms with Crippen LogP contribution in [0.1, 0.15) is 6.92 Å². The van der Waals surface area contributed by atoms with E-state index in [0.717, 1.165) is 10.6 Å². The van der Waals surface area contributed by atoms with E-state index < -0.39 is 5.97 Å². The number of anilines is 1. The number of rotatable bonds is 2. The lowest BCUT2D eigenvalue weighted by Crippen LogP contribution is -2.16. The predicted octanol–water partition coefficient (Wildman–Crippen LogP) is 2.53. The first kappa shape index (κ1) is 12.5. The second-order valence-electron chi connectivity index (χ2n) is 3.64. The third-order valence-corrected chi connectivity index (χ3v) is 3.78. The zero-order chi connectivity index (χ0) is 13.1. The minimum absolute atomic E-state index is 0.0561. The molecule has 1 aliphatic rings. The Morgan fingerprint density at radius 2 is 2.22 bits per heavy atom. The molecule has 2 rings (SSSR count). The summed E-state index contributed by atoms with van der Waals surface area (Å²) < 4.78 is 4.90. The lowest BCUT2D eigenvalue weighted by Gasteiger charge is -2.14. The highest BCUT2D eigenvalue weighted by atomic mass is 32.2. The van der Waals surface area contributed by atoms with Gasteiger partial charge in [0.25, 0.3) is 0 Å². The van der Waals surface area contributed by atoms with Crippen LogP contribution in [0.15, 0.2) is 39.8 Å². The molecule has 0 bridgehead atoms. The normalized spacial score (nSPS) is 15.9. The summed E-state index contributed by atoms with van der Waals surface area (Å²) in [5.74, 6) is -0.567. The van der Waals surface area contributed by atoms with Gasteiger partial charge in [0.15, 0.2) is 5.57 Å². The molecular formula is C13H12N2O2S. The average Bonchev–Trinajstić information content (AvgIpc) is 2.69. The number of carbonyl (C=O) groups is 1. The van der Waals surface area contributed by atoms with E-state index in [1.165, 1.54) is 11.8 Å². The second-order valence-corrected chi connectivity index (χ2v) is 4.67. The molecule has 0 saturated heterocycles. The van der Waals surface area contributed by atoms with Crippen LogP contribution in [0.4, 0.5) is 5.69 Å². The molecule has 5 heteroatoms. The van der Waals surface area contributed by atoms with Crippen molar-refractivity contribution in [1.82, 2.24) is 0 Å². The van der Waals surface area contributed by atoms with Gasteiger partial charge in [-0.15, -0.1) is 0 Å². The topological polar surface area (TPSA) is 53.3 Å². The molecule has 0 atom stereocenters. The van der Waals surface area contributed by atoms with E-state index >= 15 is 0 Å². The van der Waals surface area contributed by atoms with Gasteiger partial charge in [-0.1, -0.05) is 23.9 Å². The number of hydrogen-bond donors (Lipinski definition) is 0. The van der Waals surface area contributed by atoms with Crippen LogP contribution in [-0.4, -0.2) is 19.6 Å². The highest BCUT2D eigenvalue weighted by molar-refractivity contribution is 8.03. The number of fused-ring (bicyclic) bond motifs is 1. The fourth-order valence-corrected chi connectivity index (χ4v) is 2.84. The van der Waals surface area contributed by atoms with E-state index in [1.54, 1.807) is 6.92 Å². The summed E-state index contributed by atoms with van der Waals surface area (Å²) in [7, 11) is 1.84. The fraction of sp³-hybridized carbons (Fsp3) is 0.231. The summed E-state index contributed by atoms with van der Waals surface area (Å²) in [6.45, 7) is 1.98. The molecular weight excluding hydrogens is 248 g/mol. The van der Waals surface area contributed by atoms with Crippen LogP contribution in [0.2, 0.25) is 0 Å². The van der Waals surface area contributed by atoms with E-state index in [2.05, 4.69) is 0 Å². The number of esters is 1. The molecule has 92 valence electrons. The zero-order valence-electron chi connectivity index (χ0n) is 10.1. The Morgan fingerprint density at radius 3 is 2.83 bits per heavy atom. The molecule has 0 fully saturated rings. The van der Waals surface area contributed by atoms with Crippen LogP contribution in [-0.2, 0) is 9.53 Å². The Hall–Kier alpha value is -1.93. The minimum atomic E-state index is -0.567. The molecule has 1 heterocycles. The number of para-hydroxylation sites is 1. The van der Waals surface area contributed by atoms with Gasteiger partial charge in [0.05, 0.1) is 12.3 Å². The van der Waals surface area contributed by atoms with Crippen LogP contribution in [0.5, 0.6) is 0 Å². The number of nitrogens with zero attached hydrogens (tertiary/aromatic N) is 2. The number of nitriles is 1. The van der Waals surface area contributed by atoms with Crippen molar-refractivity contribution in [3.8, 4) is 6.07 Å². The summed E-state index contributed by atoms with van der Waals surface area (Å²) in [5, 5.41) is 9.75. The van der Waals surface area contributed by atoms with Crippen molar-refractivity contribution in [3.63, 3.8) is 0 Å². The first-order chi connectivity index (χ1) is 8.69. The second kappa shape index (κ2) is 5.15. The van der Waals surface area contributed by atoms with Gasteiger partial charge >= 0.3 is 5.97 Å². The Labute approximate surface area is 110 Å². The predicted molar refractivity (Wildman–Crippen MR) is 70.0 cm³/mol. The summed E-state index contributed by atoms with van der Waals surface area (Å²) in [5.41, 5.74) is 1.05. The summed E-state index contributed by atoms with van der Waals surface area (Å²) >= 11 is 1.41. The van der Waals surface area contributed by atoms with Crippen LogP contribution < -0.4 is 4.90 Å². The Bertz CT molecular complexity index is 560. The van der Waals surface area contributed by atoms with E-state index in [-0.39, 0.29) is 12.2 Å². The maximum absolute atomic E-state index is 11.7. The van der Waals surface area contributed by atoms with Crippen molar-refractivity contribution in [3.05, 3.63) is 34.9 Å². The molecule has 18 heavy (non-hydrogen) atoms. The van der Waals surface area contributed by atoms with Gasteiger partial charge in [-0.25, -0.2) is 4.79 Å². The zero-order valence-corrected chi connectivity index (χ0v) is 11.0. The minimum Gasteiger partial charge on any atom is -0.462 e. The highest BCUT2D eigenvalue weighted by Crippen LogP contribution is 2.45. The van der Waals surface area contributed by atoms with Crippen LogP contribution in [0, 0.1) is 11.3 Å². The monoisotopic (exact) mass is 260 g/mol. The van der Waals surface area contributed by atoms with Crippen molar-refractivity contribution < 1.29 is 9.53 Å². The number of ether oxygens (including phenoxy) is 1. The molecule has 1 aliphatic heterocycles. The number of thioether (sulfide) groups is 1. The standard InChI is InChI=1S/C13H12N2O2S/c1-3-17-13(16)9(8-14)12-15(2)10-6-4-5-7-11(10)18-12/h4-7H,3H2,1-2H3. The molecule has 0 spiro atoms. The molecule has 0 aliphatic carbocycles. The quantitative estimate of drug-likeness (QED) is 0.464. The van der Waals surface area contributed by atoms with Gasteiger partial charge in [0.1, 0.15) is 11.1 Å². The lowest BCUT2D eigenvalue weighted by molar-refractivity contribution is -0.138. The van der Waals surface area contributed by atoms with E-state index in [4.69, 9.17) is 10.00 Å². The van der Waals surface area contributed by atoms with Crippen molar-refractivity contribution in [1.29, 1.82) is 5.26 Å². The van der Waals surface area contributed by atoms with E-state index in [0.29, 0.717) is 5.03 Å². The number of hydrogen-bond acceptors (Lipinski definition) is 5. The Kier molecular flexibility index (Phi) is 3.58. The molecule has 0 aromatic heterocycles. The highest BCUT2D eigenvalue weighted by Gasteiger charge is 2.28. The van der Waals surface area contributed by atoms with Crippen molar-refractivity contribution in [2.75, 3.05) is 18.6 Å². The molecule has 0 saturated carbocycles.